The Morgan fingerprint density at radius 1 is 1.29 bits per heavy atom. The monoisotopic (exact) mass is 288 g/mol. The molecule has 114 valence electrons. The molecule has 0 radical (unpaired) electrons. The van der Waals surface area contributed by atoms with Crippen LogP contribution in [0.1, 0.15) is 24.8 Å². The van der Waals surface area contributed by atoms with Crippen molar-refractivity contribution in [3.05, 3.63) is 35.9 Å². The number of nitrogens with one attached hydrogen (secondary N) is 1. The number of carbonyl (C=O) groups is 1. The molecule has 0 saturated carbocycles. The molecule has 1 amide bonds. The first-order valence-corrected chi connectivity index (χ1v) is 8.01. The van der Waals surface area contributed by atoms with E-state index in [0.717, 1.165) is 51.9 Å². The first-order valence-electron chi connectivity index (χ1n) is 8.01. The molecule has 2 saturated heterocycles. The van der Waals surface area contributed by atoms with Gasteiger partial charge >= 0.3 is 0 Å². The van der Waals surface area contributed by atoms with Gasteiger partial charge in [-0.25, -0.2) is 0 Å². The van der Waals surface area contributed by atoms with E-state index in [1.165, 1.54) is 5.56 Å². The van der Waals surface area contributed by atoms with Crippen LogP contribution in [0.15, 0.2) is 30.3 Å². The van der Waals surface area contributed by atoms with E-state index in [1.807, 2.05) is 6.07 Å². The first-order chi connectivity index (χ1) is 10.3. The maximum atomic E-state index is 12.7. The average Bonchev–Trinajstić information content (AvgIpc) is 2.96. The van der Waals surface area contributed by atoms with Crippen LogP contribution in [-0.2, 0) is 16.0 Å². The number of rotatable bonds is 3. The molecular formula is C17H24N2O2. The van der Waals surface area contributed by atoms with E-state index < -0.39 is 0 Å². The Balaban J connectivity index is 1.72. The number of carbonyl (C=O) groups excluding carboxylic acids is 1. The molecule has 4 heteroatoms. The summed E-state index contributed by atoms with van der Waals surface area (Å²) in [6, 6.07) is 10.7. The summed E-state index contributed by atoms with van der Waals surface area (Å²) in [5, 5.41) is 3.46. The number of hydrogen-bond acceptors (Lipinski definition) is 3. The van der Waals surface area contributed by atoms with Gasteiger partial charge in [-0.1, -0.05) is 30.3 Å². The molecule has 2 aliphatic heterocycles. The Kier molecular flexibility index (Phi) is 4.88. The van der Waals surface area contributed by atoms with Gasteiger partial charge in [0.25, 0.3) is 5.91 Å². The molecule has 0 spiro atoms. The van der Waals surface area contributed by atoms with Crippen LogP contribution >= 0.6 is 0 Å². The molecule has 0 aliphatic carbocycles. The highest BCUT2D eigenvalue weighted by molar-refractivity contribution is 5.81. The third kappa shape index (κ3) is 3.63. The molecule has 1 aromatic carbocycles. The Labute approximate surface area is 126 Å². The second-order valence-electron chi connectivity index (χ2n) is 5.93. The minimum Gasteiger partial charge on any atom is -0.368 e. The number of benzene rings is 1. The van der Waals surface area contributed by atoms with Crippen molar-refractivity contribution >= 4 is 5.91 Å². The van der Waals surface area contributed by atoms with Crippen molar-refractivity contribution in [3.63, 3.8) is 0 Å². The third-order valence-corrected chi connectivity index (χ3v) is 4.38. The van der Waals surface area contributed by atoms with Gasteiger partial charge < -0.3 is 15.0 Å². The summed E-state index contributed by atoms with van der Waals surface area (Å²) in [6.07, 6.45) is 3.60. The summed E-state index contributed by atoms with van der Waals surface area (Å²) in [7, 11) is 0. The van der Waals surface area contributed by atoms with Crippen molar-refractivity contribution in [2.24, 2.45) is 0 Å². The molecule has 1 aromatic rings. The third-order valence-electron chi connectivity index (χ3n) is 4.38. The lowest BCUT2D eigenvalue weighted by Crippen LogP contribution is -2.48. The Morgan fingerprint density at radius 2 is 2.14 bits per heavy atom. The van der Waals surface area contributed by atoms with Crippen LogP contribution < -0.4 is 5.32 Å². The highest BCUT2D eigenvalue weighted by atomic mass is 16.5. The van der Waals surface area contributed by atoms with Gasteiger partial charge in [-0.05, 0) is 37.8 Å². The van der Waals surface area contributed by atoms with Crippen molar-refractivity contribution in [1.29, 1.82) is 0 Å². The fourth-order valence-corrected chi connectivity index (χ4v) is 3.25. The van der Waals surface area contributed by atoms with E-state index in [4.69, 9.17) is 4.74 Å². The van der Waals surface area contributed by atoms with E-state index in [9.17, 15) is 4.79 Å². The second-order valence-corrected chi connectivity index (χ2v) is 5.93. The molecular weight excluding hydrogens is 264 g/mol. The molecule has 2 aliphatic rings. The molecule has 0 bridgehead atoms. The summed E-state index contributed by atoms with van der Waals surface area (Å²) >= 11 is 0. The van der Waals surface area contributed by atoms with Crippen LogP contribution in [0.25, 0.3) is 0 Å². The Hall–Kier alpha value is -1.39. The number of hydrogen-bond donors (Lipinski definition) is 1. The number of amides is 1. The second kappa shape index (κ2) is 7.05. The largest absolute Gasteiger partial charge is 0.368 e. The lowest BCUT2D eigenvalue weighted by Gasteiger charge is -2.31. The van der Waals surface area contributed by atoms with Crippen LogP contribution in [0.4, 0.5) is 0 Å². The number of ether oxygens (including phenoxy) is 1. The maximum absolute atomic E-state index is 12.7. The van der Waals surface area contributed by atoms with Gasteiger partial charge in [0.1, 0.15) is 6.10 Å². The fourth-order valence-electron chi connectivity index (χ4n) is 3.25. The summed E-state index contributed by atoms with van der Waals surface area (Å²) < 4.78 is 5.60. The first kappa shape index (κ1) is 14.5. The normalized spacial score (nSPS) is 26.6. The van der Waals surface area contributed by atoms with Crippen LogP contribution in [-0.4, -0.2) is 49.2 Å². The Morgan fingerprint density at radius 3 is 2.90 bits per heavy atom. The van der Waals surface area contributed by atoms with Crippen molar-refractivity contribution in [2.75, 3.05) is 26.2 Å². The average molecular weight is 288 g/mol. The molecule has 4 nitrogen and oxygen atoms in total. The van der Waals surface area contributed by atoms with E-state index >= 15 is 0 Å². The summed E-state index contributed by atoms with van der Waals surface area (Å²) in [5.41, 5.74) is 1.29. The van der Waals surface area contributed by atoms with Crippen LogP contribution in [0.3, 0.4) is 0 Å². The summed E-state index contributed by atoms with van der Waals surface area (Å²) in [5.74, 6) is 0.192. The van der Waals surface area contributed by atoms with Gasteiger partial charge in [-0.3, -0.25) is 4.79 Å². The van der Waals surface area contributed by atoms with E-state index in [-0.39, 0.29) is 18.1 Å². The van der Waals surface area contributed by atoms with Crippen molar-refractivity contribution in [1.82, 2.24) is 10.2 Å². The lowest BCUT2D eigenvalue weighted by molar-refractivity contribution is -0.143. The van der Waals surface area contributed by atoms with Gasteiger partial charge in [0.05, 0.1) is 0 Å². The molecule has 21 heavy (non-hydrogen) atoms. The zero-order chi connectivity index (χ0) is 14.5. The molecule has 2 unspecified atom stereocenters. The zero-order valence-corrected chi connectivity index (χ0v) is 12.5. The van der Waals surface area contributed by atoms with Crippen LogP contribution in [0.5, 0.6) is 0 Å². The smallest absolute Gasteiger partial charge is 0.252 e. The standard InChI is InChI=1S/C17H24N2O2/c20-17(16-8-4-11-21-16)19-10-5-9-18-13-15(19)12-14-6-2-1-3-7-14/h1-3,6-7,15-16,18H,4-5,8-13H2. The van der Waals surface area contributed by atoms with E-state index in [1.54, 1.807) is 0 Å². The van der Waals surface area contributed by atoms with E-state index in [2.05, 4.69) is 34.5 Å². The Bertz CT molecular complexity index is 457. The molecule has 2 fully saturated rings. The SMILES string of the molecule is O=C(C1CCCO1)N1CCCNCC1Cc1ccccc1. The molecule has 2 atom stereocenters. The van der Waals surface area contributed by atoms with Crippen molar-refractivity contribution < 1.29 is 9.53 Å². The fraction of sp³-hybridized carbons (Fsp3) is 0.588. The molecule has 2 heterocycles. The number of nitrogens with zero attached hydrogens (tertiary/aromatic N) is 1. The van der Waals surface area contributed by atoms with Crippen LogP contribution in [0.2, 0.25) is 0 Å². The van der Waals surface area contributed by atoms with Crippen molar-refractivity contribution in [3.8, 4) is 0 Å². The molecule has 3 rings (SSSR count). The topological polar surface area (TPSA) is 41.6 Å². The summed E-state index contributed by atoms with van der Waals surface area (Å²) in [6.45, 7) is 3.42. The predicted molar refractivity (Wildman–Crippen MR) is 82.1 cm³/mol. The molecule has 0 aromatic heterocycles. The van der Waals surface area contributed by atoms with Gasteiger partial charge in [0.15, 0.2) is 0 Å². The highest BCUT2D eigenvalue weighted by Crippen LogP contribution is 2.19. The maximum Gasteiger partial charge on any atom is 0.252 e. The van der Waals surface area contributed by atoms with E-state index in [0.29, 0.717) is 0 Å². The highest BCUT2D eigenvalue weighted by Gasteiger charge is 2.32. The lowest BCUT2D eigenvalue weighted by atomic mass is 10.0. The van der Waals surface area contributed by atoms with Gasteiger partial charge in [-0.2, -0.15) is 0 Å². The zero-order valence-electron chi connectivity index (χ0n) is 12.5. The minimum absolute atomic E-state index is 0.192. The van der Waals surface area contributed by atoms with Gasteiger partial charge in [-0.15, -0.1) is 0 Å². The van der Waals surface area contributed by atoms with Crippen molar-refractivity contribution in [2.45, 2.75) is 37.8 Å². The molecule has 1 N–H and O–H groups in total. The predicted octanol–water partition coefficient (Wildman–Crippen LogP) is 1.60. The minimum atomic E-state index is -0.207. The summed E-state index contributed by atoms with van der Waals surface area (Å²) in [4.78, 5) is 14.8. The van der Waals surface area contributed by atoms with Gasteiger partial charge in [0.2, 0.25) is 0 Å². The quantitative estimate of drug-likeness (QED) is 0.918. The van der Waals surface area contributed by atoms with Crippen LogP contribution in [0, 0.1) is 0 Å². The van der Waals surface area contributed by atoms with Gasteiger partial charge in [0, 0.05) is 25.7 Å².